The van der Waals surface area contributed by atoms with Gasteiger partial charge in [-0.1, -0.05) is 15.9 Å². The number of carbonyl (C=O) groups is 1. The lowest BCUT2D eigenvalue weighted by atomic mass is 10.1. The predicted octanol–water partition coefficient (Wildman–Crippen LogP) is 2.84. The Morgan fingerprint density at radius 1 is 1.38 bits per heavy atom. The summed E-state index contributed by atoms with van der Waals surface area (Å²) >= 11 is 3.26. The van der Waals surface area contributed by atoms with Crippen LogP contribution >= 0.6 is 15.9 Å². The van der Waals surface area contributed by atoms with Gasteiger partial charge in [0, 0.05) is 15.6 Å². The summed E-state index contributed by atoms with van der Waals surface area (Å²) in [6.07, 6.45) is 1.10. The molecule has 2 aromatic rings. The first-order chi connectivity index (χ1) is 11.4. The molecule has 9 heteroatoms. The van der Waals surface area contributed by atoms with E-state index in [4.69, 9.17) is 4.74 Å². The average Bonchev–Trinajstić information content (AvgIpc) is 2.56. The van der Waals surface area contributed by atoms with Gasteiger partial charge in [0.2, 0.25) is 5.75 Å². The highest BCUT2D eigenvalue weighted by Crippen LogP contribution is 2.33. The number of phenols is 1. The molecule has 1 amide bonds. The summed E-state index contributed by atoms with van der Waals surface area (Å²) in [6, 6.07) is 9.06. The molecular weight excluding hydrogens is 382 g/mol. The molecule has 0 atom stereocenters. The van der Waals surface area contributed by atoms with E-state index in [0.29, 0.717) is 5.56 Å². The van der Waals surface area contributed by atoms with E-state index in [-0.39, 0.29) is 11.3 Å². The number of nitrogens with one attached hydrogen (secondary N) is 1. The van der Waals surface area contributed by atoms with Crippen molar-refractivity contribution in [1.29, 1.82) is 0 Å². The Balaban J connectivity index is 2.19. The van der Waals surface area contributed by atoms with Crippen molar-refractivity contribution < 1.29 is 19.6 Å². The van der Waals surface area contributed by atoms with E-state index < -0.39 is 22.3 Å². The zero-order chi connectivity index (χ0) is 17.7. The van der Waals surface area contributed by atoms with Crippen LogP contribution < -0.4 is 10.2 Å². The Bertz CT molecular complexity index is 806. The lowest BCUT2D eigenvalue weighted by molar-refractivity contribution is -0.385. The van der Waals surface area contributed by atoms with Gasteiger partial charge < -0.3 is 9.84 Å². The number of nitro benzene ring substituents is 1. The van der Waals surface area contributed by atoms with Crippen molar-refractivity contribution in [2.45, 2.75) is 0 Å². The van der Waals surface area contributed by atoms with E-state index in [0.717, 1.165) is 16.8 Å². The monoisotopic (exact) mass is 393 g/mol. The standard InChI is InChI=1S/C15H12BrN3O5/c1-24-12-6-10(14(20)13(7-12)19(22)23)8-17-18-15(21)9-2-4-11(16)5-3-9/h2-8,20H,1H3,(H,18,21)/b17-8-. The summed E-state index contributed by atoms with van der Waals surface area (Å²) in [4.78, 5) is 22.1. The Hall–Kier alpha value is -2.94. The fourth-order valence-electron chi connectivity index (χ4n) is 1.80. The molecule has 0 saturated carbocycles. The number of halogens is 1. The van der Waals surface area contributed by atoms with Crippen LogP contribution in [0.25, 0.3) is 0 Å². The third-order valence-corrected chi connectivity index (χ3v) is 3.53. The summed E-state index contributed by atoms with van der Waals surface area (Å²) in [7, 11) is 1.34. The number of amides is 1. The quantitative estimate of drug-likeness (QED) is 0.460. The molecule has 0 unspecified atom stereocenters. The molecule has 0 radical (unpaired) electrons. The second-order valence-corrected chi connectivity index (χ2v) is 5.46. The highest BCUT2D eigenvalue weighted by atomic mass is 79.9. The third-order valence-electron chi connectivity index (χ3n) is 3.00. The molecule has 2 aromatic carbocycles. The molecule has 0 aliphatic carbocycles. The number of carbonyl (C=O) groups excluding carboxylic acids is 1. The molecule has 0 aliphatic heterocycles. The van der Waals surface area contributed by atoms with E-state index in [1.807, 2.05) is 0 Å². The number of aromatic hydroxyl groups is 1. The molecule has 0 fully saturated rings. The van der Waals surface area contributed by atoms with Crippen molar-refractivity contribution in [3.05, 3.63) is 62.1 Å². The van der Waals surface area contributed by atoms with Gasteiger partial charge >= 0.3 is 5.69 Å². The van der Waals surface area contributed by atoms with Gasteiger partial charge in [0.1, 0.15) is 5.75 Å². The SMILES string of the molecule is COc1cc(/C=N\NC(=O)c2ccc(Br)cc2)c(O)c([N+](=O)[O-])c1. The largest absolute Gasteiger partial charge is 0.502 e. The van der Waals surface area contributed by atoms with Gasteiger partial charge in [0.25, 0.3) is 5.91 Å². The maximum absolute atomic E-state index is 11.9. The number of ether oxygens (including phenoxy) is 1. The van der Waals surface area contributed by atoms with Gasteiger partial charge in [0.15, 0.2) is 0 Å². The van der Waals surface area contributed by atoms with Crippen LogP contribution in [-0.2, 0) is 0 Å². The molecule has 2 N–H and O–H groups in total. The zero-order valence-electron chi connectivity index (χ0n) is 12.4. The van der Waals surface area contributed by atoms with Crippen molar-refractivity contribution >= 4 is 33.7 Å². The molecule has 0 heterocycles. The maximum atomic E-state index is 11.9. The van der Waals surface area contributed by atoms with Crippen LogP contribution in [0, 0.1) is 10.1 Å². The highest BCUT2D eigenvalue weighted by molar-refractivity contribution is 9.10. The van der Waals surface area contributed by atoms with E-state index in [2.05, 4.69) is 26.5 Å². The van der Waals surface area contributed by atoms with E-state index in [1.54, 1.807) is 24.3 Å². The molecule has 0 spiro atoms. The zero-order valence-corrected chi connectivity index (χ0v) is 14.0. The molecule has 2 rings (SSSR count). The van der Waals surface area contributed by atoms with Crippen LogP contribution in [0.3, 0.4) is 0 Å². The van der Waals surface area contributed by atoms with Gasteiger partial charge in [0.05, 0.1) is 24.3 Å². The van der Waals surface area contributed by atoms with Gasteiger partial charge in [-0.05, 0) is 30.3 Å². The predicted molar refractivity (Wildman–Crippen MR) is 90.5 cm³/mol. The fraction of sp³-hybridized carbons (Fsp3) is 0.0667. The third kappa shape index (κ3) is 4.07. The van der Waals surface area contributed by atoms with E-state index >= 15 is 0 Å². The average molecular weight is 394 g/mol. The molecule has 124 valence electrons. The molecule has 0 aromatic heterocycles. The van der Waals surface area contributed by atoms with Crippen molar-refractivity contribution in [2.75, 3.05) is 7.11 Å². The Morgan fingerprint density at radius 2 is 2.04 bits per heavy atom. The van der Waals surface area contributed by atoms with Crippen LogP contribution in [0.2, 0.25) is 0 Å². The minimum absolute atomic E-state index is 0.0390. The summed E-state index contributed by atoms with van der Waals surface area (Å²) in [5, 5.41) is 24.5. The number of hydrogen-bond acceptors (Lipinski definition) is 6. The van der Waals surface area contributed by atoms with Crippen LogP contribution in [0.4, 0.5) is 5.69 Å². The van der Waals surface area contributed by atoms with E-state index in [9.17, 15) is 20.0 Å². The smallest absolute Gasteiger partial charge is 0.315 e. The number of rotatable bonds is 5. The number of methoxy groups -OCH3 is 1. The second kappa shape index (κ2) is 7.55. The lowest BCUT2D eigenvalue weighted by Gasteiger charge is -2.05. The first kappa shape index (κ1) is 17.4. The number of nitro groups is 1. The molecular formula is C15H12BrN3O5. The molecule has 0 aliphatic rings. The molecule has 24 heavy (non-hydrogen) atoms. The molecule has 0 saturated heterocycles. The number of benzene rings is 2. The van der Waals surface area contributed by atoms with Gasteiger partial charge in [-0.3, -0.25) is 14.9 Å². The summed E-state index contributed by atoms with van der Waals surface area (Å²) in [6.45, 7) is 0. The van der Waals surface area contributed by atoms with Crippen LogP contribution in [0.15, 0.2) is 46.0 Å². The first-order valence-electron chi connectivity index (χ1n) is 6.56. The van der Waals surface area contributed by atoms with Gasteiger partial charge in [-0.2, -0.15) is 5.10 Å². The number of nitrogens with zero attached hydrogens (tertiary/aromatic N) is 2. The van der Waals surface area contributed by atoms with Crippen molar-refractivity contribution in [3.8, 4) is 11.5 Å². The minimum atomic E-state index is -0.740. The minimum Gasteiger partial charge on any atom is -0.502 e. The number of phenolic OH excluding ortho intramolecular Hbond substituents is 1. The van der Waals surface area contributed by atoms with Gasteiger partial charge in [-0.15, -0.1) is 0 Å². The first-order valence-corrected chi connectivity index (χ1v) is 7.36. The highest BCUT2D eigenvalue weighted by Gasteiger charge is 2.18. The van der Waals surface area contributed by atoms with Crippen molar-refractivity contribution in [2.24, 2.45) is 5.10 Å². The lowest BCUT2D eigenvalue weighted by Crippen LogP contribution is -2.17. The Morgan fingerprint density at radius 3 is 2.62 bits per heavy atom. The molecule has 8 nitrogen and oxygen atoms in total. The normalized spacial score (nSPS) is 10.6. The Kier molecular flexibility index (Phi) is 5.48. The Labute approximate surface area is 145 Å². The topological polar surface area (TPSA) is 114 Å². The maximum Gasteiger partial charge on any atom is 0.315 e. The summed E-state index contributed by atoms with van der Waals surface area (Å²) in [5.74, 6) is -0.849. The van der Waals surface area contributed by atoms with Crippen LogP contribution in [-0.4, -0.2) is 29.3 Å². The summed E-state index contributed by atoms with van der Waals surface area (Å²) < 4.78 is 5.77. The number of hydrogen-bond donors (Lipinski definition) is 2. The summed E-state index contributed by atoms with van der Waals surface area (Å²) in [5.41, 5.74) is 2.18. The van der Waals surface area contributed by atoms with Crippen molar-refractivity contribution in [3.63, 3.8) is 0 Å². The van der Waals surface area contributed by atoms with Crippen LogP contribution in [0.5, 0.6) is 11.5 Å². The van der Waals surface area contributed by atoms with Gasteiger partial charge in [-0.25, -0.2) is 5.43 Å². The van der Waals surface area contributed by atoms with Crippen LogP contribution in [0.1, 0.15) is 15.9 Å². The fourth-order valence-corrected chi connectivity index (χ4v) is 2.06. The van der Waals surface area contributed by atoms with Crippen molar-refractivity contribution in [1.82, 2.24) is 5.43 Å². The number of hydrazone groups is 1. The second-order valence-electron chi connectivity index (χ2n) is 4.55. The molecule has 0 bridgehead atoms. The van der Waals surface area contributed by atoms with E-state index in [1.165, 1.54) is 13.2 Å².